The van der Waals surface area contributed by atoms with E-state index in [1.54, 1.807) is 49.1 Å². The first-order chi connectivity index (χ1) is 22.7. The molecule has 0 aliphatic heterocycles. The molecule has 2 atom stereocenters. The van der Waals surface area contributed by atoms with Crippen molar-refractivity contribution in [1.82, 2.24) is 20.6 Å². The van der Waals surface area contributed by atoms with Crippen LogP contribution in [0.2, 0.25) is 0 Å². The first kappa shape index (κ1) is 31.5. The fourth-order valence-corrected chi connectivity index (χ4v) is 5.05. The Kier molecular flexibility index (Phi) is 11.5. The molecule has 46 heavy (non-hydrogen) atoms. The van der Waals surface area contributed by atoms with Gasteiger partial charge in [0, 0.05) is 24.8 Å². The van der Waals surface area contributed by atoms with Crippen LogP contribution in [0.1, 0.15) is 55.1 Å². The lowest BCUT2D eigenvalue weighted by Crippen LogP contribution is -2.30. The highest BCUT2D eigenvalue weighted by Crippen LogP contribution is 2.20. The maximum absolute atomic E-state index is 12.5. The molecule has 0 saturated heterocycles. The topological polar surface area (TPSA) is 84.0 Å². The quantitative estimate of drug-likeness (QED) is 0.169. The number of carbonyl (C=O) groups excluding carboxylic acids is 2. The number of pyridine rings is 2. The molecule has 4 aromatic carbocycles. The van der Waals surface area contributed by atoms with Crippen LogP contribution in [0.3, 0.4) is 0 Å². The Bertz CT molecular complexity index is 1620. The van der Waals surface area contributed by atoms with Crippen molar-refractivity contribution in [2.45, 2.75) is 24.9 Å². The van der Waals surface area contributed by atoms with Gasteiger partial charge in [0.1, 0.15) is 0 Å². The Hall–Kier alpha value is -5.88. The van der Waals surface area contributed by atoms with Gasteiger partial charge in [-0.2, -0.15) is 0 Å². The van der Waals surface area contributed by atoms with Crippen LogP contribution in [0.4, 0.5) is 0 Å². The van der Waals surface area contributed by atoms with E-state index in [-0.39, 0.29) is 23.9 Å². The van der Waals surface area contributed by atoms with Crippen LogP contribution in [0.15, 0.2) is 170 Å². The van der Waals surface area contributed by atoms with Crippen LogP contribution in [-0.2, 0) is 12.8 Å². The van der Waals surface area contributed by atoms with Crippen molar-refractivity contribution in [2.75, 3.05) is 0 Å². The zero-order valence-electron chi connectivity index (χ0n) is 25.4. The van der Waals surface area contributed by atoms with Gasteiger partial charge >= 0.3 is 0 Å². The van der Waals surface area contributed by atoms with Crippen molar-refractivity contribution >= 4 is 11.8 Å². The standard InChI is InChI=1S/2C20H18N2O/c2*23-20(18-12-7-13-21-15-18)22-19(17-10-5-2-6-11-17)14-16-8-3-1-4-9-16/h2*1-13,15,19H,14H2,(H,22,23). The summed E-state index contributed by atoms with van der Waals surface area (Å²) in [5.41, 5.74) is 5.70. The van der Waals surface area contributed by atoms with Gasteiger partial charge in [-0.05, 0) is 59.4 Å². The lowest BCUT2D eigenvalue weighted by atomic mass is 9.98. The number of nitrogens with one attached hydrogen (secondary N) is 2. The minimum Gasteiger partial charge on any atom is -0.345 e. The van der Waals surface area contributed by atoms with Crippen LogP contribution in [0.5, 0.6) is 0 Å². The summed E-state index contributed by atoms with van der Waals surface area (Å²) < 4.78 is 0. The molecular formula is C40H36N4O2. The van der Waals surface area contributed by atoms with Crippen molar-refractivity contribution in [2.24, 2.45) is 0 Å². The number of amides is 2. The van der Waals surface area contributed by atoms with E-state index in [0.29, 0.717) is 11.1 Å². The normalized spacial score (nSPS) is 11.7. The van der Waals surface area contributed by atoms with E-state index in [0.717, 1.165) is 24.0 Å². The van der Waals surface area contributed by atoms with Crippen molar-refractivity contribution < 1.29 is 9.59 Å². The van der Waals surface area contributed by atoms with Crippen LogP contribution >= 0.6 is 0 Å². The maximum Gasteiger partial charge on any atom is 0.253 e. The van der Waals surface area contributed by atoms with E-state index in [4.69, 9.17) is 0 Å². The van der Waals surface area contributed by atoms with Gasteiger partial charge in [-0.15, -0.1) is 0 Å². The van der Waals surface area contributed by atoms with Gasteiger partial charge in [-0.3, -0.25) is 19.6 Å². The van der Waals surface area contributed by atoms with E-state index < -0.39 is 0 Å². The number of nitrogens with zero attached hydrogens (tertiary/aromatic N) is 2. The zero-order chi connectivity index (χ0) is 31.8. The van der Waals surface area contributed by atoms with Crippen molar-refractivity contribution in [3.05, 3.63) is 204 Å². The number of benzene rings is 4. The summed E-state index contributed by atoms with van der Waals surface area (Å²) in [5, 5.41) is 6.24. The van der Waals surface area contributed by atoms with Crippen LogP contribution < -0.4 is 10.6 Å². The molecule has 0 spiro atoms. The Morgan fingerprint density at radius 2 is 0.804 bits per heavy atom. The summed E-state index contributed by atoms with van der Waals surface area (Å²) >= 11 is 0. The largest absolute Gasteiger partial charge is 0.345 e. The van der Waals surface area contributed by atoms with Gasteiger partial charge in [-0.25, -0.2) is 0 Å². The summed E-state index contributed by atoms with van der Waals surface area (Å²) in [4.78, 5) is 33.0. The monoisotopic (exact) mass is 604 g/mol. The molecule has 2 heterocycles. The number of carbonyl (C=O) groups is 2. The average molecular weight is 605 g/mol. The summed E-state index contributed by atoms with van der Waals surface area (Å²) in [6.07, 6.45) is 7.98. The number of hydrogen-bond donors (Lipinski definition) is 2. The highest BCUT2D eigenvalue weighted by Gasteiger charge is 2.17. The highest BCUT2D eigenvalue weighted by atomic mass is 16.2. The molecule has 0 bridgehead atoms. The minimum absolute atomic E-state index is 0.0775. The molecule has 6 nitrogen and oxygen atoms in total. The second-order valence-electron chi connectivity index (χ2n) is 10.7. The highest BCUT2D eigenvalue weighted by molar-refractivity contribution is 5.94. The van der Waals surface area contributed by atoms with Gasteiger partial charge < -0.3 is 10.6 Å². The second-order valence-corrected chi connectivity index (χ2v) is 10.7. The molecule has 0 radical (unpaired) electrons. The fraction of sp³-hybridized carbons (Fsp3) is 0.100. The van der Waals surface area contributed by atoms with Gasteiger partial charge in [0.2, 0.25) is 0 Å². The molecule has 6 aromatic rings. The van der Waals surface area contributed by atoms with Crippen molar-refractivity contribution in [3.63, 3.8) is 0 Å². The predicted octanol–water partition coefficient (Wildman–Crippen LogP) is 7.59. The third-order valence-corrected chi connectivity index (χ3v) is 7.43. The molecular weight excluding hydrogens is 568 g/mol. The molecule has 2 amide bonds. The molecule has 0 fully saturated rings. The molecule has 228 valence electrons. The van der Waals surface area contributed by atoms with Gasteiger partial charge in [0.25, 0.3) is 11.8 Å². The predicted molar refractivity (Wildman–Crippen MR) is 182 cm³/mol. The zero-order valence-corrected chi connectivity index (χ0v) is 25.4. The third-order valence-electron chi connectivity index (χ3n) is 7.43. The summed E-state index contributed by atoms with van der Waals surface area (Å²) in [5.74, 6) is -0.217. The Morgan fingerprint density at radius 3 is 1.13 bits per heavy atom. The number of aromatic nitrogens is 2. The summed E-state index contributed by atoms with van der Waals surface area (Å²) in [7, 11) is 0. The number of rotatable bonds is 10. The molecule has 0 aliphatic carbocycles. The lowest BCUT2D eigenvalue weighted by molar-refractivity contribution is 0.0927. The van der Waals surface area contributed by atoms with Crippen LogP contribution in [0.25, 0.3) is 0 Å². The fourth-order valence-electron chi connectivity index (χ4n) is 5.05. The molecule has 2 unspecified atom stereocenters. The lowest BCUT2D eigenvalue weighted by Gasteiger charge is -2.19. The molecule has 2 N–H and O–H groups in total. The van der Waals surface area contributed by atoms with Crippen molar-refractivity contribution in [3.8, 4) is 0 Å². The number of hydrogen-bond acceptors (Lipinski definition) is 4. The first-order valence-electron chi connectivity index (χ1n) is 15.3. The Balaban J connectivity index is 0.000000181. The molecule has 0 saturated carbocycles. The molecule has 0 aliphatic rings. The summed E-state index contributed by atoms with van der Waals surface area (Å²) in [6.45, 7) is 0. The molecule has 6 rings (SSSR count). The van der Waals surface area contributed by atoms with E-state index in [9.17, 15) is 9.59 Å². The van der Waals surface area contributed by atoms with E-state index in [2.05, 4.69) is 44.9 Å². The van der Waals surface area contributed by atoms with Gasteiger partial charge in [-0.1, -0.05) is 121 Å². The first-order valence-corrected chi connectivity index (χ1v) is 15.3. The van der Waals surface area contributed by atoms with E-state index >= 15 is 0 Å². The Morgan fingerprint density at radius 1 is 0.457 bits per heavy atom. The SMILES string of the molecule is O=C(NC(Cc1ccccc1)c1ccccc1)c1cccnc1.O=C(NC(Cc1ccccc1)c1ccccc1)c1cccnc1. The maximum atomic E-state index is 12.5. The molecule has 6 heteroatoms. The minimum atomic E-state index is -0.108. The second kappa shape index (κ2) is 16.8. The van der Waals surface area contributed by atoms with Crippen molar-refractivity contribution in [1.29, 1.82) is 0 Å². The third kappa shape index (κ3) is 9.56. The smallest absolute Gasteiger partial charge is 0.253 e. The van der Waals surface area contributed by atoms with Gasteiger partial charge in [0.15, 0.2) is 0 Å². The van der Waals surface area contributed by atoms with E-state index in [1.807, 2.05) is 97.1 Å². The Labute approximate surface area is 270 Å². The van der Waals surface area contributed by atoms with Crippen LogP contribution in [0, 0.1) is 0 Å². The van der Waals surface area contributed by atoms with E-state index in [1.165, 1.54) is 11.1 Å². The van der Waals surface area contributed by atoms with Crippen LogP contribution in [-0.4, -0.2) is 21.8 Å². The van der Waals surface area contributed by atoms with Gasteiger partial charge in [0.05, 0.1) is 23.2 Å². The molecule has 2 aromatic heterocycles. The summed E-state index contributed by atoms with van der Waals surface area (Å²) in [6, 6.07) is 47.3. The average Bonchev–Trinajstić information content (AvgIpc) is 3.13.